The van der Waals surface area contributed by atoms with E-state index in [4.69, 9.17) is 0 Å². The van der Waals surface area contributed by atoms with Crippen molar-refractivity contribution in [2.45, 2.75) is 25.7 Å². The van der Waals surface area contributed by atoms with Gasteiger partial charge in [-0.3, -0.25) is 4.79 Å². The first-order chi connectivity index (χ1) is 9.08. The van der Waals surface area contributed by atoms with Crippen LogP contribution in [0.1, 0.15) is 36.0 Å². The molecule has 1 aliphatic rings. The second kappa shape index (κ2) is 6.28. The average molecular weight is 330 g/mol. The maximum atomic E-state index is 13.5. The van der Waals surface area contributed by atoms with Crippen LogP contribution in [0.4, 0.5) is 8.78 Å². The molecule has 1 aliphatic carbocycles. The summed E-state index contributed by atoms with van der Waals surface area (Å²) in [6, 6.07) is 2.16. The smallest absolute Gasteiger partial charge is 0.257 e. The van der Waals surface area contributed by atoms with E-state index >= 15 is 0 Å². The molecule has 0 radical (unpaired) electrons. The highest BCUT2D eigenvalue weighted by atomic mass is 79.9. The number of rotatable bonds is 4. The Labute approximate surface area is 119 Å². The van der Waals surface area contributed by atoms with Gasteiger partial charge in [0.1, 0.15) is 17.2 Å². The topological polar surface area (TPSA) is 29.1 Å². The van der Waals surface area contributed by atoms with E-state index in [-0.39, 0.29) is 4.47 Å². The molecular weight excluding hydrogens is 316 g/mol. The predicted octanol–water partition coefficient (Wildman–Crippen LogP) is 3.96. The lowest BCUT2D eigenvalue weighted by Crippen LogP contribution is -2.26. The molecule has 19 heavy (non-hydrogen) atoms. The summed E-state index contributed by atoms with van der Waals surface area (Å²) in [6.07, 6.45) is 6.19. The summed E-state index contributed by atoms with van der Waals surface area (Å²) in [5.74, 6) is -2.42. The number of nitrogens with one attached hydrogen (secondary N) is 1. The molecule has 1 aromatic carbocycles. The zero-order valence-corrected chi connectivity index (χ0v) is 11.9. The maximum absolute atomic E-state index is 13.5. The molecule has 1 aromatic rings. The van der Waals surface area contributed by atoms with Crippen LogP contribution in [0.5, 0.6) is 0 Å². The molecule has 0 saturated carbocycles. The fourth-order valence-corrected chi connectivity index (χ4v) is 2.55. The van der Waals surface area contributed by atoms with E-state index in [1.807, 2.05) is 0 Å². The Morgan fingerprint density at radius 3 is 2.58 bits per heavy atom. The van der Waals surface area contributed by atoms with Crippen molar-refractivity contribution in [1.29, 1.82) is 0 Å². The van der Waals surface area contributed by atoms with E-state index in [0.29, 0.717) is 6.54 Å². The monoisotopic (exact) mass is 329 g/mol. The van der Waals surface area contributed by atoms with Crippen molar-refractivity contribution in [3.8, 4) is 0 Å². The number of carbonyl (C=O) groups excluding carboxylic acids is 1. The Morgan fingerprint density at radius 2 is 2.00 bits per heavy atom. The molecule has 0 aliphatic heterocycles. The van der Waals surface area contributed by atoms with Crippen molar-refractivity contribution in [2.24, 2.45) is 0 Å². The van der Waals surface area contributed by atoms with Crippen molar-refractivity contribution < 1.29 is 13.6 Å². The molecule has 2 nitrogen and oxygen atoms in total. The molecule has 0 unspecified atom stereocenters. The molecule has 2 rings (SSSR count). The van der Waals surface area contributed by atoms with Gasteiger partial charge in [-0.1, -0.05) is 27.6 Å². The van der Waals surface area contributed by atoms with Crippen LogP contribution in [-0.2, 0) is 0 Å². The van der Waals surface area contributed by atoms with E-state index in [9.17, 15) is 13.6 Å². The van der Waals surface area contributed by atoms with Gasteiger partial charge in [-0.25, -0.2) is 8.78 Å². The van der Waals surface area contributed by atoms with Gasteiger partial charge in [0.2, 0.25) is 0 Å². The van der Waals surface area contributed by atoms with Crippen LogP contribution < -0.4 is 5.32 Å². The summed E-state index contributed by atoms with van der Waals surface area (Å²) in [5.41, 5.74) is 0.778. The number of carbonyl (C=O) groups is 1. The molecule has 0 aromatic heterocycles. The zero-order chi connectivity index (χ0) is 13.8. The van der Waals surface area contributed by atoms with Crippen molar-refractivity contribution in [3.63, 3.8) is 0 Å². The molecule has 1 amide bonds. The number of hydrogen-bond acceptors (Lipinski definition) is 1. The first-order valence-electron chi connectivity index (χ1n) is 6.18. The van der Waals surface area contributed by atoms with E-state index in [1.54, 1.807) is 0 Å². The minimum absolute atomic E-state index is 0.273. The number of allylic oxidation sites excluding steroid dienone is 1. The van der Waals surface area contributed by atoms with Gasteiger partial charge in [-0.2, -0.15) is 0 Å². The van der Waals surface area contributed by atoms with E-state index in [1.165, 1.54) is 5.57 Å². The van der Waals surface area contributed by atoms with Gasteiger partial charge in [0.25, 0.3) is 5.91 Å². The van der Waals surface area contributed by atoms with Gasteiger partial charge in [-0.05, 0) is 37.8 Å². The van der Waals surface area contributed by atoms with E-state index in [0.717, 1.165) is 37.8 Å². The molecule has 0 bridgehead atoms. The Hall–Kier alpha value is -1.23. The van der Waals surface area contributed by atoms with Gasteiger partial charge >= 0.3 is 0 Å². The van der Waals surface area contributed by atoms with E-state index < -0.39 is 23.1 Å². The van der Waals surface area contributed by atoms with Gasteiger partial charge in [-0.15, -0.1) is 0 Å². The number of halogens is 3. The minimum atomic E-state index is -0.857. The lowest BCUT2D eigenvalue weighted by Gasteiger charge is -2.08. The number of hydrogen-bond donors (Lipinski definition) is 1. The molecule has 0 spiro atoms. The fourth-order valence-electron chi connectivity index (χ4n) is 2.15. The second-order valence-corrected chi connectivity index (χ2v) is 5.42. The lowest BCUT2D eigenvalue weighted by atomic mass is 10.1. The van der Waals surface area contributed by atoms with Crippen LogP contribution in [0.3, 0.4) is 0 Å². The predicted molar refractivity (Wildman–Crippen MR) is 72.9 cm³/mol. The third kappa shape index (κ3) is 3.62. The average Bonchev–Trinajstić information content (AvgIpc) is 2.80. The Kier molecular flexibility index (Phi) is 4.69. The fraction of sp³-hybridized carbons (Fsp3) is 0.357. The van der Waals surface area contributed by atoms with Gasteiger partial charge in [0, 0.05) is 11.0 Å². The lowest BCUT2D eigenvalue weighted by molar-refractivity contribution is 0.0945. The van der Waals surface area contributed by atoms with Crippen molar-refractivity contribution in [1.82, 2.24) is 5.32 Å². The van der Waals surface area contributed by atoms with Crippen molar-refractivity contribution >= 4 is 21.8 Å². The standard InChI is InChI=1S/C14H14BrF2NO/c15-10-7-11(16)13(12(17)8-10)14(19)18-6-5-9-3-1-2-4-9/h3,7-8H,1-2,4-6H2,(H,18,19). The van der Waals surface area contributed by atoms with Crippen LogP contribution in [0.25, 0.3) is 0 Å². The van der Waals surface area contributed by atoms with Gasteiger partial charge in [0.05, 0.1) is 0 Å². The quantitative estimate of drug-likeness (QED) is 0.832. The highest BCUT2D eigenvalue weighted by molar-refractivity contribution is 9.10. The van der Waals surface area contributed by atoms with Gasteiger partial charge in [0.15, 0.2) is 0 Å². The molecule has 5 heteroatoms. The van der Waals surface area contributed by atoms with Gasteiger partial charge < -0.3 is 5.32 Å². The van der Waals surface area contributed by atoms with Crippen LogP contribution in [-0.4, -0.2) is 12.5 Å². The molecular formula is C14H14BrF2NO. The zero-order valence-electron chi connectivity index (χ0n) is 10.3. The third-order valence-electron chi connectivity index (χ3n) is 3.10. The SMILES string of the molecule is O=C(NCCC1=CCCC1)c1c(F)cc(Br)cc1F. The largest absolute Gasteiger partial charge is 0.352 e. The van der Waals surface area contributed by atoms with Crippen LogP contribution in [0, 0.1) is 11.6 Å². The van der Waals surface area contributed by atoms with Crippen LogP contribution >= 0.6 is 15.9 Å². The second-order valence-electron chi connectivity index (χ2n) is 4.50. The first kappa shape index (κ1) is 14.2. The summed E-state index contributed by atoms with van der Waals surface area (Å²) < 4.78 is 27.4. The molecule has 0 fully saturated rings. The summed E-state index contributed by atoms with van der Waals surface area (Å²) in [6.45, 7) is 0.402. The van der Waals surface area contributed by atoms with Crippen LogP contribution in [0.15, 0.2) is 28.3 Å². The Balaban J connectivity index is 1.96. The normalized spacial score (nSPS) is 14.4. The summed E-state index contributed by atoms with van der Waals surface area (Å²) in [4.78, 5) is 11.7. The Morgan fingerprint density at radius 1 is 1.32 bits per heavy atom. The number of benzene rings is 1. The highest BCUT2D eigenvalue weighted by Gasteiger charge is 2.18. The van der Waals surface area contributed by atoms with Crippen LogP contribution in [0.2, 0.25) is 0 Å². The molecule has 0 heterocycles. The first-order valence-corrected chi connectivity index (χ1v) is 6.98. The minimum Gasteiger partial charge on any atom is -0.352 e. The maximum Gasteiger partial charge on any atom is 0.257 e. The molecule has 1 N–H and O–H groups in total. The summed E-state index contributed by atoms with van der Waals surface area (Å²) in [7, 11) is 0. The molecule has 102 valence electrons. The third-order valence-corrected chi connectivity index (χ3v) is 3.56. The van der Waals surface area contributed by atoms with Crippen molar-refractivity contribution in [3.05, 3.63) is 45.5 Å². The summed E-state index contributed by atoms with van der Waals surface area (Å²) in [5, 5.41) is 2.55. The van der Waals surface area contributed by atoms with E-state index in [2.05, 4.69) is 27.3 Å². The number of amides is 1. The van der Waals surface area contributed by atoms with Crippen molar-refractivity contribution in [2.75, 3.05) is 6.54 Å². The summed E-state index contributed by atoms with van der Waals surface area (Å²) >= 11 is 2.97. The highest BCUT2D eigenvalue weighted by Crippen LogP contribution is 2.21. The molecule has 0 atom stereocenters. The Bertz CT molecular complexity index is 505. The molecule has 0 saturated heterocycles.